The van der Waals surface area contributed by atoms with E-state index in [2.05, 4.69) is 31.6 Å². The molecule has 0 radical (unpaired) electrons. The lowest BCUT2D eigenvalue weighted by atomic mass is 9.58. The smallest absolute Gasteiger partial charge is 0.328 e. The quantitative estimate of drug-likeness (QED) is 0.0475. The second kappa shape index (κ2) is 25.4. The number of aromatic nitrogens is 2. The molecule has 2 fully saturated rings. The van der Waals surface area contributed by atoms with Gasteiger partial charge in [-0.05, 0) is 131 Å². The molecule has 0 aliphatic carbocycles. The van der Waals surface area contributed by atoms with Gasteiger partial charge >= 0.3 is 7.60 Å². The SMILES string of the molecule is CC1=C2NC(=C(CCC(N)=O)C2(C)CC(N)=O)C=C2NC(=C(CCC(N)=O)C2(C)C)C(C)=C2NC(C(CC(N)=O)C2(C)CCC(=O)NCC(C)OP(C)(=O)OC2C(CO)OC([n+]3c[nH]c4cc(C)c(C)cc43)C2O)C2(C)NC1=C(CCC(N)=O)C2(C)CC(N)=O. The highest BCUT2D eigenvalue weighted by molar-refractivity contribution is 7.53. The third kappa shape index (κ3) is 12.8. The van der Waals surface area contributed by atoms with E-state index < -0.39 is 125 Å². The number of ether oxygens (including phenoxy) is 1. The number of benzene rings is 1. The number of nitrogens with two attached hydrogens (primary N) is 6. The van der Waals surface area contributed by atoms with Crippen molar-refractivity contribution in [3.63, 3.8) is 0 Å². The Labute approximate surface area is 524 Å². The molecule has 12 atom stereocenters. The number of carbonyl (C=O) groups is 7. The number of hydrogen-bond donors (Lipinski definition) is 14. The molecule has 6 aliphatic heterocycles. The lowest BCUT2D eigenvalue weighted by Crippen LogP contribution is -2.64. The highest BCUT2D eigenvalue weighted by atomic mass is 31.2. The van der Waals surface area contributed by atoms with Gasteiger partial charge in [0, 0.05) is 120 Å². The Morgan fingerprint density at radius 1 is 0.767 bits per heavy atom. The highest BCUT2D eigenvalue weighted by Crippen LogP contribution is 2.61. The summed E-state index contributed by atoms with van der Waals surface area (Å²) < 4.78 is 33.9. The van der Waals surface area contributed by atoms with Crippen LogP contribution in [0.25, 0.3) is 11.0 Å². The average Bonchev–Trinajstić information content (AvgIpc) is 1.53. The van der Waals surface area contributed by atoms with Crippen LogP contribution >= 0.6 is 7.60 Å². The zero-order valence-corrected chi connectivity index (χ0v) is 54.7. The van der Waals surface area contributed by atoms with Gasteiger partial charge in [0.25, 0.3) is 0 Å². The summed E-state index contributed by atoms with van der Waals surface area (Å²) in [5, 5.41) is 40.0. The topological polar surface area (TPSA) is 441 Å². The van der Waals surface area contributed by atoms with E-state index in [1.807, 2.05) is 87.4 Å². The Bertz CT molecular complexity index is 3580. The number of allylic oxidation sites excluding steroid dienone is 6. The number of imidazole rings is 1. The molecule has 1 aromatic heterocycles. The van der Waals surface area contributed by atoms with Crippen LogP contribution in [0.15, 0.2) is 86.6 Å². The molecule has 26 nitrogen and oxygen atoms in total. The fourth-order valence-electron chi connectivity index (χ4n) is 15.2. The number of carbonyl (C=O) groups excluding carboxylic acids is 7. The largest absolute Gasteiger partial charge is 0.394 e. The minimum Gasteiger partial charge on any atom is -0.394 e. The molecular formula is C63H93N13O13P+. The molecule has 2 saturated heterocycles. The standard InChI is InChI=1S/C63H92N13O13P/c1-30-21-40-41(22-31(30)2)76(29-71-40)58-53(85)54(42(28-77)87-58)89-90(12,86)88-32(3)27-70-50(84)19-20-60(8)38(23-47(67)81)57-63(11)62(10,26-49(69)83)37(15-18-46(66)80)52(75-63)34(5)56-61(9,25-48(68)82)35(13-16-44(64)78)39(72-56)24-43-59(6,7)36(14-17-45(65)79)51(73-43)33(4)55(60)74-57/h21-22,24,29,32,38,42,53-54,57-58,72-75,77,85H,13-20,23,25-28H2,1-12H3,(H13,64,65,66,67,68,69,70,78,79,80,81,82,83,84)/p+1. The number of nitrogens with zero attached hydrogens (tertiary/aromatic N) is 1. The molecule has 27 heteroatoms. The molecule has 2 aromatic rings. The molecule has 6 aliphatic rings. The molecule has 8 rings (SSSR count). The van der Waals surface area contributed by atoms with Gasteiger partial charge in [0.15, 0.2) is 11.0 Å². The number of rotatable bonds is 26. The summed E-state index contributed by atoms with van der Waals surface area (Å²) in [4.78, 5) is 96.9. The lowest BCUT2D eigenvalue weighted by Gasteiger charge is -2.49. The molecule has 1 aromatic carbocycles. The van der Waals surface area contributed by atoms with Crippen molar-refractivity contribution in [1.82, 2.24) is 31.6 Å². The van der Waals surface area contributed by atoms with Crippen LogP contribution in [0.5, 0.6) is 0 Å². The van der Waals surface area contributed by atoms with E-state index in [9.17, 15) is 48.3 Å². The summed E-state index contributed by atoms with van der Waals surface area (Å²) in [6.07, 6.45) is -2.84. The Hall–Kier alpha value is -7.35. The number of aryl methyl sites for hydroxylation is 2. The van der Waals surface area contributed by atoms with E-state index in [-0.39, 0.29) is 77.2 Å². The second-order valence-electron chi connectivity index (χ2n) is 27.0. The van der Waals surface area contributed by atoms with E-state index in [1.54, 1.807) is 17.8 Å². The van der Waals surface area contributed by atoms with Crippen LogP contribution in [-0.4, -0.2) is 112 Å². The maximum atomic E-state index is 14.4. The average molecular weight is 1270 g/mol. The summed E-state index contributed by atoms with van der Waals surface area (Å²) in [5.74, 6) is -4.97. The summed E-state index contributed by atoms with van der Waals surface area (Å²) in [6, 6.07) is 3.06. The van der Waals surface area contributed by atoms with Gasteiger partial charge < -0.3 is 80.5 Å². The monoisotopic (exact) mass is 1270 g/mol. The molecule has 12 unspecified atom stereocenters. The van der Waals surface area contributed by atoms with Crippen molar-refractivity contribution in [2.45, 2.75) is 189 Å². The number of H-pyrrole nitrogens is 1. The minimum atomic E-state index is -4.05. The van der Waals surface area contributed by atoms with Crippen molar-refractivity contribution in [2.75, 3.05) is 19.8 Å². The molecular weight excluding hydrogens is 1180 g/mol. The molecule has 7 heterocycles. The lowest BCUT2D eigenvalue weighted by molar-refractivity contribution is -0.743. The zero-order valence-electron chi connectivity index (χ0n) is 53.8. The first-order valence-corrected chi connectivity index (χ1v) is 32.6. The number of amides is 7. The zero-order chi connectivity index (χ0) is 66.7. The van der Waals surface area contributed by atoms with Gasteiger partial charge in [-0.1, -0.05) is 27.7 Å². The Morgan fingerprint density at radius 3 is 1.94 bits per heavy atom. The number of hydrogen-bond acceptors (Lipinski definition) is 17. The van der Waals surface area contributed by atoms with E-state index in [0.717, 1.165) is 27.7 Å². The van der Waals surface area contributed by atoms with Crippen LogP contribution in [0.3, 0.4) is 0 Å². The van der Waals surface area contributed by atoms with Crippen molar-refractivity contribution in [3.05, 3.63) is 97.7 Å². The van der Waals surface area contributed by atoms with E-state index in [1.165, 1.54) is 6.66 Å². The predicted octanol–water partition coefficient (Wildman–Crippen LogP) is 2.66. The summed E-state index contributed by atoms with van der Waals surface area (Å²) in [6.45, 7) is 21.4. The predicted molar refractivity (Wildman–Crippen MR) is 334 cm³/mol. The maximum absolute atomic E-state index is 14.4. The first-order chi connectivity index (χ1) is 41.8. The van der Waals surface area contributed by atoms with Gasteiger partial charge in [0.1, 0.15) is 18.3 Å². The first kappa shape index (κ1) is 68.6. The normalized spacial score (nSPS) is 29.6. The van der Waals surface area contributed by atoms with Crippen molar-refractivity contribution < 1.29 is 66.7 Å². The number of fused-ring (bicyclic) bond motifs is 10. The Kier molecular flexibility index (Phi) is 19.3. The van der Waals surface area contributed by atoms with Crippen LogP contribution in [0.1, 0.15) is 150 Å². The van der Waals surface area contributed by atoms with Crippen molar-refractivity contribution in [2.24, 2.45) is 62.0 Å². The fraction of sp³-hybridized carbons (Fsp3) is 0.587. The van der Waals surface area contributed by atoms with E-state index in [0.29, 0.717) is 56.5 Å². The van der Waals surface area contributed by atoms with Gasteiger partial charge in [-0.2, -0.15) is 4.57 Å². The van der Waals surface area contributed by atoms with Crippen LogP contribution in [-0.2, 0) is 51.9 Å². The third-order valence-electron chi connectivity index (χ3n) is 20.3. The molecule has 8 bridgehead atoms. The number of aromatic amines is 1. The van der Waals surface area contributed by atoms with E-state index >= 15 is 0 Å². The van der Waals surface area contributed by atoms with Gasteiger partial charge in [-0.15, -0.1) is 0 Å². The molecule has 7 amide bonds. The second-order valence-corrected chi connectivity index (χ2v) is 28.9. The number of nitrogens with one attached hydrogen (secondary N) is 6. The summed E-state index contributed by atoms with van der Waals surface area (Å²) >= 11 is 0. The van der Waals surface area contributed by atoms with Crippen LogP contribution in [0.4, 0.5) is 0 Å². The van der Waals surface area contributed by atoms with Gasteiger partial charge in [0.2, 0.25) is 53.9 Å². The molecule has 20 N–H and O–H groups in total. The third-order valence-corrected chi connectivity index (χ3v) is 21.7. The Balaban J connectivity index is 1.19. The van der Waals surface area contributed by atoms with Gasteiger partial charge in [0.05, 0.1) is 24.3 Å². The molecule has 90 heavy (non-hydrogen) atoms. The fourth-order valence-corrected chi connectivity index (χ4v) is 16.7. The van der Waals surface area contributed by atoms with Crippen LogP contribution in [0, 0.1) is 41.4 Å². The molecule has 0 spiro atoms. The molecule has 0 saturated carbocycles. The first-order valence-electron chi connectivity index (χ1n) is 30.6. The van der Waals surface area contributed by atoms with Gasteiger partial charge in [-0.25, -0.2) is 4.98 Å². The Morgan fingerprint density at radius 2 is 1.36 bits per heavy atom. The number of aliphatic hydroxyl groups is 2. The number of aliphatic hydroxyl groups excluding tert-OH is 2. The van der Waals surface area contributed by atoms with Crippen molar-refractivity contribution in [1.29, 1.82) is 0 Å². The van der Waals surface area contributed by atoms with Crippen molar-refractivity contribution >= 4 is 60.0 Å². The molecule has 492 valence electrons. The van der Waals surface area contributed by atoms with Crippen molar-refractivity contribution in [3.8, 4) is 0 Å². The summed E-state index contributed by atoms with van der Waals surface area (Å²) in [5.41, 5.74) is 40.7. The van der Waals surface area contributed by atoms with Crippen LogP contribution < -0.4 is 65.6 Å². The maximum Gasteiger partial charge on any atom is 0.328 e. The van der Waals surface area contributed by atoms with Crippen LogP contribution in [0.2, 0.25) is 0 Å². The highest BCUT2D eigenvalue weighted by Gasteiger charge is 2.65. The van der Waals surface area contributed by atoms with Gasteiger partial charge in [-0.3, -0.25) is 42.7 Å². The minimum absolute atomic E-state index is 0.0337. The summed E-state index contributed by atoms with van der Waals surface area (Å²) in [7, 11) is -4.05. The van der Waals surface area contributed by atoms with E-state index in [4.69, 9.17) is 48.2 Å². The number of primary amides is 6.